The zero-order chi connectivity index (χ0) is 17.1. The average Bonchev–Trinajstić information content (AvgIpc) is 2.94. The number of benzene rings is 1. The number of imidazole rings is 1. The van der Waals surface area contributed by atoms with E-state index in [9.17, 15) is 4.79 Å². The van der Waals surface area contributed by atoms with Gasteiger partial charge in [0.15, 0.2) is 6.61 Å². The quantitative estimate of drug-likeness (QED) is 0.773. The van der Waals surface area contributed by atoms with Crippen LogP contribution < -0.4 is 10.1 Å². The molecular weight excluding hydrogens is 326 g/mol. The fourth-order valence-electron chi connectivity index (χ4n) is 2.51. The van der Waals surface area contributed by atoms with Crippen LogP contribution in [0.1, 0.15) is 16.8 Å². The van der Waals surface area contributed by atoms with Crippen molar-refractivity contribution in [3.05, 3.63) is 64.6 Å². The van der Waals surface area contributed by atoms with E-state index in [4.69, 9.17) is 16.3 Å². The van der Waals surface area contributed by atoms with Crippen molar-refractivity contribution in [2.24, 2.45) is 0 Å². The summed E-state index contributed by atoms with van der Waals surface area (Å²) in [6, 6.07) is 9.50. The van der Waals surface area contributed by atoms with E-state index >= 15 is 0 Å². The third-order valence-electron chi connectivity index (χ3n) is 3.69. The number of hydrogen-bond acceptors (Lipinski definition) is 3. The van der Waals surface area contributed by atoms with Crippen LogP contribution in [0.5, 0.6) is 5.75 Å². The second-order valence-electron chi connectivity index (χ2n) is 5.63. The summed E-state index contributed by atoms with van der Waals surface area (Å²) in [5, 5.41) is 3.45. The van der Waals surface area contributed by atoms with Crippen LogP contribution in [-0.4, -0.2) is 21.9 Å². The minimum atomic E-state index is -0.187. The van der Waals surface area contributed by atoms with Gasteiger partial charge in [-0.2, -0.15) is 0 Å². The number of pyridine rings is 1. The van der Waals surface area contributed by atoms with E-state index in [0.717, 1.165) is 28.2 Å². The predicted octanol–water partition coefficient (Wildman–Crippen LogP) is 3.30. The van der Waals surface area contributed by atoms with Gasteiger partial charge < -0.3 is 14.5 Å². The molecule has 1 N–H and O–H groups in total. The molecule has 0 radical (unpaired) electrons. The van der Waals surface area contributed by atoms with E-state index < -0.39 is 0 Å². The van der Waals surface area contributed by atoms with Gasteiger partial charge in [0.05, 0.1) is 17.3 Å². The number of carbonyl (C=O) groups excluding carboxylic acids is 1. The van der Waals surface area contributed by atoms with Crippen LogP contribution in [0.3, 0.4) is 0 Å². The monoisotopic (exact) mass is 343 g/mol. The zero-order valence-electron chi connectivity index (χ0n) is 13.5. The van der Waals surface area contributed by atoms with Crippen LogP contribution in [0.2, 0.25) is 5.02 Å². The molecule has 0 unspecified atom stereocenters. The molecule has 0 fully saturated rings. The topological polar surface area (TPSA) is 55.6 Å². The molecule has 3 aromatic rings. The minimum Gasteiger partial charge on any atom is -0.483 e. The summed E-state index contributed by atoms with van der Waals surface area (Å²) < 4.78 is 7.47. The molecular formula is C18H18ClN3O2. The maximum absolute atomic E-state index is 12.0. The standard InChI is InChI=1S/C18H18ClN3O2/c1-12-4-3-5-13(2)18(12)24-11-17(23)20-8-15-10-22-9-14(19)6-7-16(22)21-15/h3-7,9-10H,8,11H2,1-2H3,(H,20,23). The second-order valence-corrected chi connectivity index (χ2v) is 6.07. The highest BCUT2D eigenvalue weighted by Crippen LogP contribution is 2.22. The van der Waals surface area contributed by atoms with Crippen molar-refractivity contribution >= 4 is 23.2 Å². The molecule has 0 saturated carbocycles. The molecule has 2 heterocycles. The summed E-state index contributed by atoms with van der Waals surface area (Å²) in [4.78, 5) is 16.4. The van der Waals surface area contributed by atoms with Crippen molar-refractivity contribution in [3.8, 4) is 5.75 Å². The Labute approximate surface area is 145 Å². The molecule has 5 nitrogen and oxygen atoms in total. The third-order valence-corrected chi connectivity index (χ3v) is 3.91. The molecule has 1 amide bonds. The van der Waals surface area contributed by atoms with E-state index in [-0.39, 0.29) is 12.5 Å². The molecule has 0 aliphatic rings. The fourth-order valence-corrected chi connectivity index (χ4v) is 2.68. The van der Waals surface area contributed by atoms with Gasteiger partial charge in [0.1, 0.15) is 11.4 Å². The van der Waals surface area contributed by atoms with E-state index in [2.05, 4.69) is 10.3 Å². The number of hydrogen-bond donors (Lipinski definition) is 1. The number of nitrogens with one attached hydrogen (secondary N) is 1. The highest BCUT2D eigenvalue weighted by atomic mass is 35.5. The minimum absolute atomic E-state index is 0.0229. The number of para-hydroxylation sites is 1. The van der Waals surface area contributed by atoms with Gasteiger partial charge in [-0.1, -0.05) is 29.8 Å². The van der Waals surface area contributed by atoms with Crippen molar-refractivity contribution in [3.63, 3.8) is 0 Å². The van der Waals surface area contributed by atoms with Gasteiger partial charge in [0.25, 0.3) is 5.91 Å². The summed E-state index contributed by atoms with van der Waals surface area (Å²) in [7, 11) is 0. The van der Waals surface area contributed by atoms with Crippen molar-refractivity contribution < 1.29 is 9.53 Å². The number of halogens is 1. The average molecular weight is 344 g/mol. The Morgan fingerprint density at radius 2 is 1.96 bits per heavy atom. The lowest BCUT2D eigenvalue weighted by atomic mass is 10.1. The predicted molar refractivity (Wildman–Crippen MR) is 93.5 cm³/mol. The molecule has 24 heavy (non-hydrogen) atoms. The lowest BCUT2D eigenvalue weighted by Gasteiger charge is -2.11. The molecule has 0 bridgehead atoms. The molecule has 0 atom stereocenters. The summed E-state index contributed by atoms with van der Waals surface area (Å²) >= 11 is 5.95. The van der Waals surface area contributed by atoms with E-state index in [1.807, 2.05) is 48.7 Å². The normalized spacial score (nSPS) is 10.8. The van der Waals surface area contributed by atoms with Gasteiger partial charge in [-0.3, -0.25) is 4.79 Å². The molecule has 0 saturated heterocycles. The Morgan fingerprint density at radius 1 is 1.21 bits per heavy atom. The fraction of sp³-hybridized carbons (Fsp3) is 0.222. The number of fused-ring (bicyclic) bond motifs is 1. The Balaban J connectivity index is 1.57. The number of ether oxygens (including phenoxy) is 1. The zero-order valence-corrected chi connectivity index (χ0v) is 14.3. The van der Waals surface area contributed by atoms with Gasteiger partial charge >= 0.3 is 0 Å². The number of amides is 1. The first-order chi connectivity index (χ1) is 11.5. The van der Waals surface area contributed by atoms with E-state index in [1.165, 1.54) is 0 Å². The summed E-state index contributed by atoms with van der Waals surface area (Å²) in [5.74, 6) is 0.572. The lowest BCUT2D eigenvalue weighted by molar-refractivity contribution is -0.123. The van der Waals surface area contributed by atoms with Gasteiger partial charge in [-0.25, -0.2) is 4.98 Å². The van der Waals surface area contributed by atoms with E-state index in [1.54, 1.807) is 12.3 Å². The summed E-state index contributed by atoms with van der Waals surface area (Å²) in [6.07, 6.45) is 3.62. The van der Waals surface area contributed by atoms with Crippen LogP contribution in [-0.2, 0) is 11.3 Å². The van der Waals surface area contributed by atoms with Gasteiger partial charge in [-0.15, -0.1) is 0 Å². The SMILES string of the molecule is Cc1cccc(C)c1OCC(=O)NCc1cn2cc(Cl)ccc2n1. The van der Waals surface area contributed by atoms with Crippen molar-refractivity contribution in [2.75, 3.05) is 6.61 Å². The highest BCUT2D eigenvalue weighted by Gasteiger charge is 2.08. The second kappa shape index (κ2) is 6.93. The van der Waals surface area contributed by atoms with Crippen LogP contribution in [0.4, 0.5) is 0 Å². The molecule has 0 spiro atoms. The van der Waals surface area contributed by atoms with Crippen molar-refractivity contribution in [1.82, 2.24) is 14.7 Å². The molecule has 3 rings (SSSR count). The van der Waals surface area contributed by atoms with Crippen LogP contribution in [0.25, 0.3) is 5.65 Å². The Morgan fingerprint density at radius 3 is 2.71 bits per heavy atom. The lowest BCUT2D eigenvalue weighted by Crippen LogP contribution is -2.28. The molecule has 0 aliphatic heterocycles. The Kier molecular flexibility index (Phi) is 4.71. The van der Waals surface area contributed by atoms with Crippen molar-refractivity contribution in [2.45, 2.75) is 20.4 Å². The van der Waals surface area contributed by atoms with Crippen LogP contribution >= 0.6 is 11.6 Å². The van der Waals surface area contributed by atoms with Gasteiger partial charge in [0, 0.05) is 12.4 Å². The Bertz CT molecular complexity index is 869. The number of nitrogens with zero attached hydrogens (tertiary/aromatic N) is 2. The molecule has 124 valence electrons. The maximum atomic E-state index is 12.0. The number of aryl methyl sites for hydroxylation is 2. The first kappa shape index (κ1) is 16.3. The molecule has 2 aromatic heterocycles. The third kappa shape index (κ3) is 3.68. The first-order valence-electron chi connectivity index (χ1n) is 7.62. The Hall–Kier alpha value is -2.53. The maximum Gasteiger partial charge on any atom is 0.258 e. The summed E-state index contributed by atoms with van der Waals surface area (Å²) in [6.45, 7) is 4.24. The molecule has 0 aliphatic carbocycles. The van der Waals surface area contributed by atoms with Crippen molar-refractivity contribution in [1.29, 1.82) is 0 Å². The van der Waals surface area contributed by atoms with Crippen LogP contribution in [0.15, 0.2) is 42.7 Å². The molecule has 6 heteroatoms. The first-order valence-corrected chi connectivity index (χ1v) is 7.99. The molecule has 1 aromatic carbocycles. The smallest absolute Gasteiger partial charge is 0.258 e. The summed E-state index contributed by atoms with van der Waals surface area (Å²) in [5.41, 5.74) is 3.58. The van der Waals surface area contributed by atoms with Gasteiger partial charge in [-0.05, 0) is 37.1 Å². The van der Waals surface area contributed by atoms with Crippen LogP contribution in [0, 0.1) is 13.8 Å². The number of carbonyl (C=O) groups is 1. The number of aromatic nitrogens is 2. The number of rotatable bonds is 5. The van der Waals surface area contributed by atoms with Gasteiger partial charge in [0.2, 0.25) is 0 Å². The highest BCUT2D eigenvalue weighted by molar-refractivity contribution is 6.30. The largest absolute Gasteiger partial charge is 0.483 e. The van der Waals surface area contributed by atoms with E-state index in [0.29, 0.717) is 11.6 Å².